The Morgan fingerprint density at radius 2 is 1.57 bits per heavy atom. The first-order valence-electron chi connectivity index (χ1n) is 10.3. The summed E-state index contributed by atoms with van der Waals surface area (Å²) < 4.78 is 10.4. The van der Waals surface area contributed by atoms with Crippen molar-refractivity contribution in [3.8, 4) is 12.3 Å². The Balaban J connectivity index is 4.24. The van der Waals surface area contributed by atoms with Gasteiger partial charge >= 0.3 is 11.9 Å². The Morgan fingerprint density at radius 3 is 2.21 bits per heavy atom. The molecule has 0 saturated carbocycles. The van der Waals surface area contributed by atoms with E-state index in [1.54, 1.807) is 0 Å². The van der Waals surface area contributed by atoms with Crippen molar-refractivity contribution in [2.45, 2.75) is 90.3 Å². The van der Waals surface area contributed by atoms with Gasteiger partial charge in [-0.2, -0.15) is 0 Å². The molecule has 2 unspecified atom stereocenters. The summed E-state index contributed by atoms with van der Waals surface area (Å²) in [6.07, 6.45) is 18.4. The van der Waals surface area contributed by atoms with E-state index in [9.17, 15) is 14.7 Å². The second-order valence-corrected chi connectivity index (χ2v) is 6.65. The number of ether oxygens (including phenoxy) is 2. The average Bonchev–Trinajstić information content (AvgIpc) is 2.66. The molecule has 0 aliphatic rings. The summed E-state index contributed by atoms with van der Waals surface area (Å²) in [6.45, 7) is 4.07. The van der Waals surface area contributed by atoms with Crippen molar-refractivity contribution in [3.63, 3.8) is 0 Å². The second-order valence-electron chi connectivity index (χ2n) is 6.65. The minimum atomic E-state index is -0.423. The third kappa shape index (κ3) is 16.1. The number of aliphatic hydroxyl groups excluding tert-OH is 1. The lowest BCUT2D eigenvalue weighted by Gasteiger charge is -2.17. The summed E-state index contributed by atoms with van der Waals surface area (Å²) in [5, 5.41) is 9.88. The molecule has 0 saturated heterocycles. The van der Waals surface area contributed by atoms with Crippen molar-refractivity contribution in [3.05, 3.63) is 24.3 Å². The summed E-state index contributed by atoms with van der Waals surface area (Å²) in [4.78, 5) is 23.6. The molecule has 0 amide bonds. The molecule has 0 heterocycles. The highest BCUT2D eigenvalue weighted by Crippen LogP contribution is 2.14. The van der Waals surface area contributed by atoms with Crippen LogP contribution in [0.5, 0.6) is 0 Å². The SMILES string of the molecule is C#CCOC(=O)CCCC(C/C=C\CC)OC(=O)CCCC(O)C/C=C\CC. The standard InChI is InChI=1S/C23H36O5/c1-4-7-9-13-20(24)14-11-18-23(26)28-21(15-10-8-5-2)16-12-17-22(25)27-19-6-3/h3,7-10,20-21,24H,4-5,11-19H2,1-2H3/b9-7-,10-8-. The van der Waals surface area contributed by atoms with Crippen molar-refractivity contribution >= 4 is 11.9 Å². The summed E-state index contributed by atoms with van der Waals surface area (Å²) in [5.74, 6) is 1.66. The summed E-state index contributed by atoms with van der Waals surface area (Å²) in [5.41, 5.74) is 0. The molecule has 0 spiro atoms. The van der Waals surface area contributed by atoms with E-state index in [0.29, 0.717) is 38.5 Å². The molecular formula is C23H36O5. The van der Waals surface area contributed by atoms with Gasteiger partial charge in [0.2, 0.25) is 0 Å². The largest absolute Gasteiger partial charge is 0.462 e. The van der Waals surface area contributed by atoms with Crippen LogP contribution >= 0.6 is 0 Å². The van der Waals surface area contributed by atoms with E-state index >= 15 is 0 Å². The molecule has 158 valence electrons. The lowest BCUT2D eigenvalue weighted by Crippen LogP contribution is -2.19. The molecule has 0 aliphatic carbocycles. The van der Waals surface area contributed by atoms with E-state index in [-0.39, 0.29) is 37.5 Å². The number of rotatable bonds is 16. The first kappa shape index (κ1) is 25.9. The maximum absolute atomic E-state index is 12.1. The van der Waals surface area contributed by atoms with Crippen LogP contribution < -0.4 is 0 Å². The predicted molar refractivity (Wildman–Crippen MR) is 111 cm³/mol. The molecule has 1 N–H and O–H groups in total. The predicted octanol–water partition coefficient (Wildman–Crippen LogP) is 4.49. The third-order valence-electron chi connectivity index (χ3n) is 4.05. The van der Waals surface area contributed by atoms with E-state index in [1.165, 1.54) is 0 Å². The van der Waals surface area contributed by atoms with E-state index in [2.05, 4.69) is 5.92 Å². The van der Waals surface area contributed by atoms with E-state index in [1.807, 2.05) is 38.2 Å². The molecule has 0 aromatic heterocycles. The third-order valence-corrected chi connectivity index (χ3v) is 4.05. The second kappa shape index (κ2) is 18.3. The smallest absolute Gasteiger partial charge is 0.306 e. The van der Waals surface area contributed by atoms with Gasteiger partial charge in [-0.05, 0) is 44.9 Å². The van der Waals surface area contributed by atoms with Crippen LogP contribution in [0.4, 0.5) is 0 Å². The van der Waals surface area contributed by atoms with E-state index in [4.69, 9.17) is 15.9 Å². The number of aliphatic hydroxyl groups is 1. The van der Waals surface area contributed by atoms with Gasteiger partial charge in [-0.25, -0.2) is 0 Å². The number of hydrogen-bond donors (Lipinski definition) is 1. The average molecular weight is 393 g/mol. The first-order chi connectivity index (χ1) is 13.5. The molecule has 0 aromatic carbocycles. The Labute approximate surface area is 170 Å². The zero-order valence-corrected chi connectivity index (χ0v) is 17.4. The number of esters is 2. The molecule has 0 bridgehead atoms. The molecule has 0 radical (unpaired) electrons. The lowest BCUT2D eigenvalue weighted by atomic mass is 10.1. The number of terminal acetylenes is 1. The van der Waals surface area contributed by atoms with Gasteiger partial charge < -0.3 is 14.6 Å². The molecule has 2 atom stereocenters. The van der Waals surface area contributed by atoms with Crippen molar-refractivity contribution in [1.82, 2.24) is 0 Å². The van der Waals surface area contributed by atoms with Crippen molar-refractivity contribution < 1.29 is 24.2 Å². The van der Waals surface area contributed by atoms with Gasteiger partial charge in [-0.15, -0.1) is 6.42 Å². The normalized spacial score (nSPS) is 13.4. The lowest BCUT2D eigenvalue weighted by molar-refractivity contribution is -0.149. The number of carbonyl (C=O) groups excluding carboxylic acids is 2. The van der Waals surface area contributed by atoms with Crippen LogP contribution in [-0.2, 0) is 19.1 Å². The molecule has 0 rings (SSSR count). The minimum absolute atomic E-state index is 0.0173. The highest BCUT2D eigenvalue weighted by atomic mass is 16.5. The van der Waals surface area contributed by atoms with Crippen LogP contribution in [0, 0.1) is 12.3 Å². The van der Waals surface area contributed by atoms with E-state index in [0.717, 1.165) is 12.8 Å². The van der Waals surface area contributed by atoms with Gasteiger partial charge in [-0.1, -0.05) is 44.1 Å². The Kier molecular flexibility index (Phi) is 17.0. The van der Waals surface area contributed by atoms with Crippen LogP contribution in [0.2, 0.25) is 0 Å². The van der Waals surface area contributed by atoms with Gasteiger partial charge in [-0.3, -0.25) is 9.59 Å². The zero-order chi connectivity index (χ0) is 21.0. The van der Waals surface area contributed by atoms with Crippen LogP contribution in [0.25, 0.3) is 0 Å². The highest BCUT2D eigenvalue weighted by Gasteiger charge is 2.15. The van der Waals surface area contributed by atoms with Crippen molar-refractivity contribution in [2.75, 3.05) is 6.61 Å². The summed E-state index contributed by atoms with van der Waals surface area (Å²) in [7, 11) is 0. The first-order valence-corrected chi connectivity index (χ1v) is 10.3. The fraction of sp³-hybridized carbons (Fsp3) is 0.652. The molecule has 0 aromatic rings. The van der Waals surface area contributed by atoms with Crippen LogP contribution in [0.15, 0.2) is 24.3 Å². The Morgan fingerprint density at radius 1 is 0.964 bits per heavy atom. The molecule has 28 heavy (non-hydrogen) atoms. The van der Waals surface area contributed by atoms with Gasteiger partial charge in [0, 0.05) is 19.3 Å². The fourth-order valence-corrected chi connectivity index (χ4v) is 2.57. The van der Waals surface area contributed by atoms with Crippen molar-refractivity contribution in [2.24, 2.45) is 0 Å². The quantitative estimate of drug-likeness (QED) is 0.238. The van der Waals surface area contributed by atoms with Gasteiger partial charge in [0.05, 0.1) is 6.10 Å². The fourth-order valence-electron chi connectivity index (χ4n) is 2.57. The van der Waals surface area contributed by atoms with Gasteiger partial charge in [0.15, 0.2) is 6.61 Å². The Bertz CT molecular complexity index is 516. The van der Waals surface area contributed by atoms with Crippen LogP contribution in [-0.4, -0.2) is 35.9 Å². The monoisotopic (exact) mass is 392 g/mol. The number of carbonyl (C=O) groups is 2. The highest BCUT2D eigenvalue weighted by molar-refractivity contribution is 5.70. The van der Waals surface area contributed by atoms with Crippen LogP contribution in [0.3, 0.4) is 0 Å². The topological polar surface area (TPSA) is 72.8 Å². The summed E-state index contributed by atoms with van der Waals surface area (Å²) >= 11 is 0. The molecular weight excluding hydrogens is 356 g/mol. The number of allylic oxidation sites excluding steroid dienone is 2. The number of hydrogen-bond acceptors (Lipinski definition) is 5. The maximum atomic E-state index is 12.1. The molecule has 0 aliphatic heterocycles. The van der Waals surface area contributed by atoms with Gasteiger partial charge in [0.1, 0.15) is 6.10 Å². The van der Waals surface area contributed by atoms with Crippen LogP contribution in [0.1, 0.15) is 78.1 Å². The molecule has 0 fully saturated rings. The summed E-state index contributed by atoms with van der Waals surface area (Å²) in [6, 6.07) is 0. The van der Waals surface area contributed by atoms with E-state index < -0.39 is 6.10 Å². The molecule has 5 heteroatoms. The minimum Gasteiger partial charge on any atom is -0.462 e. The van der Waals surface area contributed by atoms with Gasteiger partial charge in [0.25, 0.3) is 0 Å². The maximum Gasteiger partial charge on any atom is 0.306 e. The van der Waals surface area contributed by atoms with Crippen molar-refractivity contribution in [1.29, 1.82) is 0 Å². The molecule has 5 nitrogen and oxygen atoms in total. The Hall–Kier alpha value is -2.06. The zero-order valence-electron chi connectivity index (χ0n) is 17.4.